The largest absolute Gasteiger partial charge is 0.492 e. The van der Waals surface area contributed by atoms with Gasteiger partial charge in [-0.25, -0.2) is 8.42 Å². The Morgan fingerprint density at radius 2 is 1.70 bits per heavy atom. The molecule has 2 aromatic rings. The molecule has 0 radical (unpaired) electrons. The summed E-state index contributed by atoms with van der Waals surface area (Å²) in [6.45, 7) is 4.71. The molecule has 160 valence electrons. The number of carbonyl (C=O) groups excluding carboxylic acids is 1. The lowest BCUT2D eigenvalue weighted by Crippen LogP contribution is -2.52. The topological polar surface area (TPSA) is 66.9 Å². The molecule has 0 unspecified atom stereocenters. The van der Waals surface area contributed by atoms with E-state index in [9.17, 15) is 13.2 Å². The van der Waals surface area contributed by atoms with Crippen LogP contribution >= 0.6 is 0 Å². The molecular formula is C23H28N2O4S. The van der Waals surface area contributed by atoms with E-state index >= 15 is 0 Å². The number of fused-ring (bicyclic) bond motifs is 1. The van der Waals surface area contributed by atoms with Crippen LogP contribution in [0.2, 0.25) is 0 Å². The highest BCUT2D eigenvalue weighted by Crippen LogP contribution is 2.39. The lowest BCUT2D eigenvalue weighted by molar-refractivity contribution is -0.117. The lowest BCUT2D eigenvalue weighted by atomic mass is 9.78. The van der Waals surface area contributed by atoms with Crippen LogP contribution in [0.25, 0.3) is 0 Å². The highest BCUT2D eigenvalue weighted by Gasteiger charge is 2.43. The summed E-state index contributed by atoms with van der Waals surface area (Å²) in [5, 5.41) is 0. The lowest BCUT2D eigenvalue weighted by Gasteiger charge is -2.44. The van der Waals surface area contributed by atoms with Crippen LogP contribution in [-0.4, -0.2) is 56.2 Å². The van der Waals surface area contributed by atoms with Crippen LogP contribution in [0.4, 0.5) is 0 Å². The van der Waals surface area contributed by atoms with Crippen molar-refractivity contribution in [3.63, 3.8) is 0 Å². The molecule has 2 aromatic carbocycles. The predicted octanol–water partition coefficient (Wildman–Crippen LogP) is 2.94. The Balaban J connectivity index is 1.57. The van der Waals surface area contributed by atoms with E-state index in [0.717, 1.165) is 32.5 Å². The highest BCUT2D eigenvalue weighted by molar-refractivity contribution is 7.89. The summed E-state index contributed by atoms with van der Waals surface area (Å²) in [5.74, 6) is 0.214. The van der Waals surface area contributed by atoms with E-state index in [0.29, 0.717) is 18.9 Å². The smallest absolute Gasteiger partial charge is 0.247 e. The second-order valence-electron chi connectivity index (χ2n) is 8.47. The first-order valence-electron chi connectivity index (χ1n) is 10.4. The maximum absolute atomic E-state index is 13.3. The Morgan fingerprint density at radius 3 is 2.40 bits per heavy atom. The normalized spacial score (nSPS) is 21.2. The molecule has 0 bridgehead atoms. The fourth-order valence-corrected chi connectivity index (χ4v) is 6.08. The number of carbonyl (C=O) groups is 1. The van der Waals surface area contributed by atoms with E-state index in [4.69, 9.17) is 4.74 Å². The van der Waals surface area contributed by atoms with Gasteiger partial charge in [-0.15, -0.1) is 0 Å². The van der Waals surface area contributed by atoms with Crippen molar-refractivity contribution in [1.29, 1.82) is 0 Å². The Morgan fingerprint density at radius 1 is 1.03 bits per heavy atom. The van der Waals surface area contributed by atoms with Gasteiger partial charge in [0.15, 0.2) is 0 Å². The molecule has 4 rings (SSSR count). The van der Waals surface area contributed by atoms with E-state index in [1.807, 2.05) is 18.2 Å². The van der Waals surface area contributed by atoms with Crippen molar-refractivity contribution >= 4 is 15.8 Å². The summed E-state index contributed by atoms with van der Waals surface area (Å²) in [7, 11) is -3.80. The minimum atomic E-state index is -3.80. The first-order chi connectivity index (χ1) is 14.4. The van der Waals surface area contributed by atoms with Gasteiger partial charge in [0, 0.05) is 18.5 Å². The summed E-state index contributed by atoms with van der Waals surface area (Å²) in [6.07, 6.45) is 1.65. The number of likely N-dealkylation sites (tertiary alicyclic amines) is 1. The Labute approximate surface area is 178 Å². The molecule has 1 saturated heterocycles. The molecule has 7 heteroatoms. The molecule has 0 N–H and O–H groups in total. The number of ketones is 1. The van der Waals surface area contributed by atoms with Crippen LogP contribution < -0.4 is 4.74 Å². The molecular weight excluding hydrogens is 400 g/mol. The molecule has 0 atom stereocenters. The molecule has 0 saturated carbocycles. The third kappa shape index (κ3) is 4.43. The molecule has 1 spiro atoms. The van der Waals surface area contributed by atoms with Crippen molar-refractivity contribution < 1.29 is 17.9 Å². The van der Waals surface area contributed by atoms with Crippen molar-refractivity contribution in [3.05, 3.63) is 60.2 Å². The summed E-state index contributed by atoms with van der Waals surface area (Å²) < 4.78 is 34.1. The zero-order valence-electron chi connectivity index (χ0n) is 17.3. The van der Waals surface area contributed by atoms with E-state index in [2.05, 4.69) is 17.0 Å². The molecule has 2 aliphatic heterocycles. The van der Waals surface area contributed by atoms with Gasteiger partial charge in [0.2, 0.25) is 10.0 Å². The van der Waals surface area contributed by atoms with Gasteiger partial charge >= 0.3 is 0 Å². The Hall–Kier alpha value is -2.22. The Kier molecular flexibility index (Phi) is 5.95. The fourth-order valence-electron chi connectivity index (χ4n) is 4.38. The van der Waals surface area contributed by atoms with Crippen molar-refractivity contribution in [2.45, 2.75) is 31.2 Å². The maximum atomic E-state index is 13.3. The first kappa shape index (κ1) is 21.0. The molecule has 2 aliphatic rings. The molecule has 2 heterocycles. The van der Waals surface area contributed by atoms with Crippen LogP contribution in [0.5, 0.6) is 5.75 Å². The van der Waals surface area contributed by atoms with Crippen LogP contribution in [0.15, 0.2) is 59.5 Å². The average molecular weight is 429 g/mol. The highest BCUT2D eigenvalue weighted by atomic mass is 32.2. The number of benzene rings is 2. The number of ether oxygens (including phenoxy) is 1. The number of sulfonamides is 1. The molecule has 1 fully saturated rings. The van der Waals surface area contributed by atoms with Crippen molar-refractivity contribution in [2.24, 2.45) is 5.41 Å². The fraction of sp³-hybridized carbons (Fsp3) is 0.435. The molecule has 0 aromatic heterocycles. The number of para-hydroxylation sites is 1. The average Bonchev–Trinajstić information content (AvgIpc) is 2.73. The molecule has 6 nitrogen and oxygen atoms in total. The van der Waals surface area contributed by atoms with E-state index in [1.165, 1.54) is 16.8 Å². The SMILES string of the molecule is CC(=O)CN1CC2(CCN(Cc3ccccc3)CC2)COc2ccccc2S1(=O)=O. The third-order valence-electron chi connectivity index (χ3n) is 6.08. The first-order valence-corrected chi connectivity index (χ1v) is 11.8. The second-order valence-corrected chi connectivity index (χ2v) is 10.4. The van der Waals surface area contributed by atoms with Gasteiger partial charge in [0.25, 0.3) is 0 Å². The second kappa shape index (κ2) is 8.49. The summed E-state index contributed by atoms with van der Waals surface area (Å²) in [5.41, 5.74) is 0.973. The monoisotopic (exact) mass is 428 g/mol. The van der Waals surface area contributed by atoms with Gasteiger partial charge in [-0.05, 0) is 50.6 Å². The number of hydrogen-bond donors (Lipinski definition) is 0. The molecule has 30 heavy (non-hydrogen) atoms. The number of piperidine rings is 1. The van der Waals surface area contributed by atoms with Gasteiger partial charge in [0.05, 0.1) is 13.2 Å². The van der Waals surface area contributed by atoms with Crippen LogP contribution in [-0.2, 0) is 21.4 Å². The van der Waals surface area contributed by atoms with Crippen molar-refractivity contribution in [2.75, 3.05) is 32.8 Å². The Bertz CT molecular complexity index is 999. The van der Waals surface area contributed by atoms with Crippen molar-refractivity contribution in [1.82, 2.24) is 9.21 Å². The van der Waals surface area contributed by atoms with Gasteiger partial charge in [-0.3, -0.25) is 9.69 Å². The summed E-state index contributed by atoms with van der Waals surface area (Å²) in [6, 6.07) is 17.1. The molecule has 0 amide bonds. The summed E-state index contributed by atoms with van der Waals surface area (Å²) in [4.78, 5) is 14.4. The summed E-state index contributed by atoms with van der Waals surface area (Å²) >= 11 is 0. The van der Waals surface area contributed by atoms with Crippen LogP contribution in [0.3, 0.4) is 0 Å². The quantitative estimate of drug-likeness (QED) is 0.749. The maximum Gasteiger partial charge on any atom is 0.247 e. The molecule has 0 aliphatic carbocycles. The standard InChI is InChI=1S/C23H28N2O4S/c1-19(26)15-25-17-23(18-29-21-9-5-6-10-22(21)30(25,27)28)11-13-24(14-12-23)16-20-7-3-2-4-8-20/h2-10H,11-18H2,1H3. The number of rotatable bonds is 4. The van der Waals surface area contributed by atoms with E-state index in [-0.39, 0.29) is 22.6 Å². The number of hydrogen-bond acceptors (Lipinski definition) is 5. The van der Waals surface area contributed by atoms with Gasteiger partial charge in [-0.2, -0.15) is 4.31 Å². The number of Topliss-reactive ketones (excluding diaryl/α,β-unsaturated/α-hetero) is 1. The minimum Gasteiger partial charge on any atom is -0.492 e. The third-order valence-corrected chi connectivity index (χ3v) is 7.91. The van der Waals surface area contributed by atoms with Gasteiger partial charge < -0.3 is 4.74 Å². The van der Waals surface area contributed by atoms with Gasteiger partial charge in [-0.1, -0.05) is 42.5 Å². The van der Waals surface area contributed by atoms with Crippen molar-refractivity contribution in [3.8, 4) is 5.75 Å². The predicted molar refractivity (Wildman–Crippen MR) is 115 cm³/mol. The van der Waals surface area contributed by atoms with E-state index in [1.54, 1.807) is 24.3 Å². The zero-order valence-corrected chi connectivity index (χ0v) is 18.1. The van der Waals surface area contributed by atoms with Gasteiger partial charge in [0.1, 0.15) is 16.4 Å². The van der Waals surface area contributed by atoms with Crippen LogP contribution in [0, 0.1) is 5.41 Å². The zero-order chi connectivity index (χ0) is 21.2. The van der Waals surface area contributed by atoms with E-state index < -0.39 is 10.0 Å². The minimum absolute atomic E-state index is 0.105. The number of nitrogens with zero attached hydrogens (tertiary/aromatic N) is 2. The van der Waals surface area contributed by atoms with Crippen LogP contribution in [0.1, 0.15) is 25.3 Å².